The summed E-state index contributed by atoms with van der Waals surface area (Å²) in [5.74, 6) is 0. The van der Waals surface area contributed by atoms with E-state index in [0.29, 0.717) is 18.4 Å². The molecule has 18 heavy (non-hydrogen) atoms. The molecule has 0 saturated carbocycles. The maximum atomic E-state index is 12.4. The quantitative estimate of drug-likeness (QED) is 0.682. The Balaban J connectivity index is 2.92. The van der Waals surface area contributed by atoms with Crippen LogP contribution >= 0.6 is 15.9 Å². The zero-order chi connectivity index (χ0) is 13.6. The van der Waals surface area contributed by atoms with Gasteiger partial charge in [-0.3, -0.25) is 0 Å². The zero-order valence-corrected chi connectivity index (χ0v) is 13.2. The molecule has 104 valence electrons. The van der Waals surface area contributed by atoms with Crippen molar-refractivity contribution in [3.63, 3.8) is 0 Å². The molecule has 0 atom stereocenters. The molecule has 0 aliphatic heterocycles. The Morgan fingerprint density at radius 2 is 2.11 bits per heavy atom. The number of hydrogen-bond donors (Lipinski definition) is 0. The van der Waals surface area contributed by atoms with Crippen molar-refractivity contribution in [3.8, 4) is 0 Å². The molecule has 0 bridgehead atoms. The van der Waals surface area contributed by atoms with Crippen LogP contribution in [0.4, 0.5) is 0 Å². The van der Waals surface area contributed by atoms with E-state index in [-0.39, 0.29) is 5.03 Å². The second-order valence-corrected chi connectivity index (χ2v) is 6.67. The Bertz CT molecular complexity index is 459. The first-order chi connectivity index (χ1) is 8.56. The molecule has 7 heteroatoms. The molecule has 1 aromatic heterocycles. The van der Waals surface area contributed by atoms with Gasteiger partial charge in [0.25, 0.3) is 10.0 Å². The van der Waals surface area contributed by atoms with Crippen molar-refractivity contribution in [1.29, 1.82) is 0 Å². The van der Waals surface area contributed by atoms with Gasteiger partial charge in [0.15, 0.2) is 5.03 Å². The van der Waals surface area contributed by atoms with Crippen LogP contribution in [0.15, 0.2) is 17.6 Å². The number of aryl methyl sites for hydroxylation is 1. The normalized spacial score (nSPS) is 12.2. The maximum absolute atomic E-state index is 12.4. The lowest BCUT2D eigenvalue weighted by atomic mass is 10.3. The number of rotatable bonds is 8. The molecule has 0 amide bonds. The monoisotopic (exact) mass is 337 g/mol. The summed E-state index contributed by atoms with van der Waals surface area (Å²) in [5, 5.41) is 0.770. The number of imidazole rings is 1. The van der Waals surface area contributed by atoms with E-state index in [1.165, 1.54) is 4.31 Å². The second-order valence-electron chi connectivity index (χ2n) is 3.99. The van der Waals surface area contributed by atoms with Crippen molar-refractivity contribution in [3.05, 3.63) is 12.5 Å². The fourth-order valence-electron chi connectivity index (χ4n) is 1.56. The molecule has 0 aliphatic carbocycles. The highest BCUT2D eigenvalue weighted by Gasteiger charge is 2.25. The summed E-state index contributed by atoms with van der Waals surface area (Å²) in [5.41, 5.74) is 0. The van der Waals surface area contributed by atoms with Crippen LogP contribution in [0.2, 0.25) is 0 Å². The molecule has 0 N–H and O–H groups in total. The Hall–Kier alpha value is -0.400. The van der Waals surface area contributed by atoms with Crippen LogP contribution in [0.5, 0.6) is 0 Å². The van der Waals surface area contributed by atoms with Gasteiger partial charge in [-0.15, -0.1) is 0 Å². The summed E-state index contributed by atoms with van der Waals surface area (Å²) < 4.78 is 28.0. The third kappa shape index (κ3) is 3.80. The van der Waals surface area contributed by atoms with E-state index in [1.54, 1.807) is 17.1 Å². The summed E-state index contributed by atoms with van der Waals surface area (Å²) in [7, 11) is -3.45. The molecule has 0 spiro atoms. The summed E-state index contributed by atoms with van der Waals surface area (Å²) in [4.78, 5) is 3.99. The minimum Gasteiger partial charge on any atom is -0.336 e. The van der Waals surface area contributed by atoms with E-state index in [4.69, 9.17) is 0 Å². The fourth-order valence-corrected chi connectivity index (χ4v) is 3.64. The van der Waals surface area contributed by atoms with E-state index in [1.807, 2.05) is 13.8 Å². The van der Waals surface area contributed by atoms with Crippen LogP contribution in [-0.4, -0.2) is 40.7 Å². The number of unbranched alkanes of at least 4 members (excludes halogenated alkanes) is 1. The number of alkyl halides is 1. The average molecular weight is 338 g/mol. The van der Waals surface area contributed by atoms with Crippen LogP contribution in [0.1, 0.15) is 26.7 Å². The topological polar surface area (TPSA) is 55.2 Å². The predicted octanol–water partition coefficient (Wildman–Crippen LogP) is 2.09. The second kappa shape index (κ2) is 7.25. The van der Waals surface area contributed by atoms with Gasteiger partial charge in [0.1, 0.15) is 0 Å². The van der Waals surface area contributed by atoms with Gasteiger partial charge in [-0.25, -0.2) is 13.4 Å². The zero-order valence-electron chi connectivity index (χ0n) is 10.8. The largest absolute Gasteiger partial charge is 0.336 e. The minimum absolute atomic E-state index is 0.140. The Labute approximate surface area is 117 Å². The van der Waals surface area contributed by atoms with Crippen molar-refractivity contribution >= 4 is 26.0 Å². The maximum Gasteiger partial charge on any atom is 0.262 e. The van der Waals surface area contributed by atoms with Gasteiger partial charge in [0, 0.05) is 31.2 Å². The first-order valence-electron chi connectivity index (χ1n) is 6.14. The summed E-state index contributed by atoms with van der Waals surface area (Å²) in [6.45, 7) is 5.73. The van der Waals surface area contributed by atoms with Gasteiger partial charge < -0.3 is 4.57 Å². The van der Waals surface area contributed by atoms with Crippen molar-refractivity contribution in [2.75, 3.05) is 18.4 Å². The predicted molar refractivity (Wildman–Crippen MR) is 75.4 cm³/mol. The molecular formula is C11H20BrN3O2S. The van der Waals surface area contributed by atoms with Crippen LogP contribution in [0.25, 0.3) is 0 Å². The molecule has 0 fully saturated rings. The van der Waals surface area contributed by atoms with Gasteiger partial charge >= 0.3 is 0 Å². The highest BCUT2D eigenvalue weighted by atomic mass is 79.9. The molecule has 0 saturated heterocycles. The molecule has 0 aromatic carbocycles. The molecular weight excluding hydrogens is 318 g/mol. The van der Waals surface area contributed by atoms with E-state index in [9.17, 15) is 8.42 Å². The van der Waals surface area contributed by atoms with E-state index >= 15 is 0 Å². The van der Waals surface area contributed by atoms with Crippen molar-refractivity contribution < 1.29 is 8.42 Å². The molecule has 1 heterocycles. The lowest BCUT2D eigenvalue weighted by Gasteiger charge is -2.19. The first-order valence-corrected chi connectivity index (χ1v) is 8.70. The van der Waals surface area contributed by atoms with Crippen LogP contribution in [0.3, 0.4) is 0 Å². The van der Waals surface area contributed by atoms with Gasteiger partial charge in [0.2, 0.25) is 0 Å². The van der Waals surface area contributed by atoms with Crippen molar-refractivity contribution in [2.24, 2.45) is 0 Å². The van der Waals surface area contributed by atoms with Gasteiger partial charge in [-0.2, -0.15) is 4.31 Å². The van der Waals surface area contributed by atoms with Gasteiger partial charge in [0.05, 0.1) is 6.33 Å². The van der Waals surface area contributed by atoms with Crippen LogP contribution < -0.4 is 0 Å². The van der Waals surface area contributed by atoms with Crippen molar-refractivity contribution in [1.82, 2.24) is 13.9 Å². The highest BCUT2D eigenvalue weighted by molar-refractivity contribution is 9.09. The Morgan fingerprint density at radius 3 is 2.61 bits per heavy atom. The number of hydrogen-bond acceptors (Lipinski definition) is 3. The van der Waals surface area contributed by atoms with Crippen LogP contribution in [0, 0.1) is 0 Å². The number of halogens is 1. The number of aromatic nitrogens is 2. The SMILES string of the molecule is CCCCN(CCBr)S(=O)(=O)c1cn(CC)cn1. The summed E-state index contributed by atoms with van der Waals surface area (Å²) in [6.07, 6.45) is 4.97. The molecule has 0 unspecified atom stereocenters. The molecule has 5 nitrogen and oxygen atoms in total. The summed E-state index contributed by atoms with van der Waals surface area (Å²) in [6, 6.07) is 0. The van der Waals surface area contributed by atoms with E-state index in [2.05, 4.69) is 20.9 Å². The smallest absolute Gasteiger partial charge is 0.262 e. The van der Waals surface area contributed by atoms with E-state index < -0.39 is 10.0 Å². The standard InChI is InChI=1S/C11H20BrN3O2S/c1-3-5-7-15(8-6-12)18(16,17)11-9-14(4-2)10-13-11/h9-10H,3-8H2,1-2H3. The van der Waals surface area contributed by atoms with E-state index in [0.717, 1.165) is 19.4 Å². The molecule has 0 aliphatic rings. The number of nitrogens with zero attached hydrogens (tertiary/aromatic N) is 3. The Kier molecular flexibility index (Phi) is 6.31. The average Bonchev–Trinajstić information content (AvgIpc) is 2.83. The third-order valence-electron chi connectivity index (χ3n) is 2.67. The van der Waals surface area contributed by atoms with Gasteiger partial charge in [-0.05, 0) is 13.3 Å². The van der Waals surface area contributed by atoms with Crippen molar-refractivity contribution in [2.45, 2.75) is 38.3 Å². The number of sulfonamides is 1. The first kappa shape index (κ1) is 15.7. The lowest BCUT2D eigenvalue weighted by Crippen LogP contribution is -2.33. The molecule has 0 radical (unpaired) electrons. The molecule has 1 aromatic rings. The van der Waals surface area contributed by atoms with Crippen LogP contribution in [-0.2, 0) is 16.6 Å². The lowest BCUT2D eigenvalue weighted by molar-refractivity contribution is 0.420. The minimum atomic E-state index is -3.45. The fraction of sp³-hybridized carbons (Fsp3) is 0.727. The Morgan fingerprint density at radius 1 is 1.39 bits per heavy atom. The molecule has 1 rings (SSSR count). The van der Waals surface area contributed by atoms with Gasteiger partial charge in [-0.1, -0.05) is 29.3 Å². The third-order valence-corrected chi connectivity index (χ3v) is 4.81. The highest BCUT2D eigenvalue weighted by Crippen LogP contribution is 2.14. The summed E-state index contributed by atoms with van der Waals surface area (Å²) >= 11 is 3.29.